The number of halogens is 2. The Labute approximate surface area is 125 Å². The summed E-state index contributed by atoms with van der Waals surface area (Å²) >= 11 is 11.6. The lowest BCUT2D eigenvalue weighted by molar-refractivity contribution is 0.584. The Hall–Kier alpha value is -0.340. The molecular formula is C10H14Cl2N2O3S2. The largest absolute Gasteiger partial charge is 0.396 e. The summed E-state index contributed by atoms with van der Waals surface area (Å²) in [5.41, 5.74) is 5.59. The molecule has 5 nitrogen and oxygen atoms in total. The lowest BCUT2D eigenvalue weighted by Crippen LogP contribution is -2.28. The second kappa shape index (κ2) is 6.90. The molecule has 0 aromatic heterocycles. The molecule has 0 aliphatic heterocycles. The Kier molecular flexibility index (Phi) is 6.07. The molecule has 0 saturated carbocycles. The number of anilines is 1. The first-order chi connectivity index (χ1) is 8.79. The van der Waals surface area contributed by atoms with Gasteiger partial charge >= 0.3 is 0 Å². The van der Waals surface area contributed by atoms with Crippen molar-refractivity contribution in [3.63, 3.8) is 0 Å². The molecule has 0 amide bonds. The zero-order valence-corrected chi connectivity index (χ0v) is 13.3. The van der Waals surface area contributed by atoms with Gasteiger partial charge in [-0.15, -0.1) is 0 Å². The number of hydrogen-bond donors (Lipinski definition) is 2. The number of nitrogens with two attached hydrogens (primary N) is 1. The number of nitrogen functional groups attached to an aromatic ring is 1. The standard InChI is InChI=1S/C10H14Cl2N2O3S2/c1-2-18(15)6-5-14-19(16,17)8-4-3-7(11)10(13)9(8)12/h3-4,14H,2,5-6,13H2,1H3. The van der Waals surface area contributed by atoms with Crippen molar-refractivity contribution < 1.29 is 12.6 Å². The summed E-state index contributed by atoms with van der Waals surface area (Å²) < 4.78 is 37.5. The number of benzene rings is 1. The highest BCUT2D eigenvalue weighted by Gasteiger charge is 2.20. The van der Waals surface area contributed by atoms with E-state index in [1.807, 2.05) is 0 Å². The van der Waals surface area contributed by atoms with E-state index in [2.05, 4.69) is 4.72 Å². The Balaban J connectivity index is 2.90. The van der Waals surface area contributed by atoms with Crippen LogP contribution in [0.1, 0.15) is 6.92 Å². The molecule has 19 heavy (non-hydrogen) atoms. The van der Waals surface area contributed by atoms with Crippen LogP contribution in [0.25, 0.3) is 0 Å². The van der Waals surface area contributed by atoms with E-state index in [9.17, 15) is 12.6 Å². The summed E-state index contributed by atoms with van der Waals surface area (Å²) in [6.07, 6.45) is 0. The van der Waals surface area contributed by atoms with Crippen molar-refractivity contribution in [1.29, 1.82) is 0 Å². The molecular weight excluding hydrogens is 331 g/mol. The SMILES string of the molecule is CCS(=O)CCNS(=O)(=O)c1ccc(Cl)c(N)c1Cl. The van der Waals surface area contributed by atoms with Crippen LogP contribution in [0, 0.1) is 0 Å². The van der Waals surface area contributed by atoms with Crippen molar-refractivity contribution in [2.45, 2.75) is 11.8 Å². The normalized spacial score (nSPS) is 13.4. The lowest BCUT2D eigenvalue weighted by Gasteiger charge is -2.10. The molecule has 108 valence electrons. The summed E-state index contributed by atoms with van der Waals surface area (Å²) in [4.78, 5) is -0.140. The lowest BCUT2D eigenvalue weighted by atomic mass is 10.3. The van der Waals surface area contributed by atoms with Crippen LogP contribution in [0.15, 0.2) is 17.0 Å². The van der Waals surface area contributed by atoms with Crippen molar-refractivity contribution in [1.82, 2.24) is 4.72 Å². The third kappa shape index (κ3) is 4.32. The number of sulfonamides is 1. The minimum Gasteiger partial charge on any atom is -0.396 e. The molecule has 0 saturated heterocycles. The van der Waals surface area contributed by atoms with Crippen LogP contribution in [0.3, 0.4) is 0 Å². The molecule has 0 radical (unpaired) electrons. The van der Waals surface area contributed by atoms with Gasteiger partial charge in [0.1, 0.15) is 4.90 Å². The monoisotopic (exact) mass is 344 g/mol. The van der Waals surface area contributed by atoms with Crippen LogP contribution in [0.2, 0.25) is 10.0 Å². The number of hydrogen-bond acceptors (Lipinski definition) is 4. The average Bonchev–Trinajstić information content (AvgIpc) is 2.35. The van der Waals surface area contributed by atoms with Crippen LogP contribution in [0.5, 0.6) is 0 Å². The molecule has 1 aromatic rings. The maximum Gasteiger partial charge on any atom is 0.242 e. The topological polar surface area (TPSA) is 89.3 Å². The Morgan fingerprint density at radius 1 is 1.37 bits per heavy atom. The van der Waals surface area contributed by atoms with E-state index in [1.54, 1.807) is 6.92 Å². The van der Waals surface area contributed by atoms with Crippen molar-refractivity contribution >= 4 is 49.7 Å². The van der Waals surface area contributed by atoms with Gasteiger partial charge in [-0.3, -0.25) is 4.21 Å². The van der Waals surface area contributed by atoms with Gasteiger partial charge < -0.3 is 5.73 Å². The summed E-state index contributed by atoms with van der Waals surface area (Å²) in [5, 5.41) is 0.0765. The Morgan fingerprint density at radius 2 is 2.00 bits per heavy atom. The molecule has 0 aliphatic rings. The summed E-state index contributed by atoms with van der Waals surface area (Å²) in [6.45, 7) is 1.84. The van der Waals surface area contributed by atoms with Gasteiger partial charge in [0.2, 0.25) is 10.0 Å². The summed E-state index contributed by atoms with van der Waals surface area (Å²) in [5.74, 6) is 0.729. The molecule has 0 fully saturated rings. The van der Waals surface area contributed by atoms with Gasteiger partial charge in [0.25, 0.3) is 0 Å². The molecule has 1 rings (SSSR count). The molecule has 9 heteroatoms. The number of nitrogens with one attached hydrogen (secondary N) is 1. The molecule has 0 spiro atoms. The van der Waals surface area contributed by atoms with Gasteiger partial charge in [0, 0.05) is 28.9 Å². The maximum absolute atomic E-state index is 12.0. The van der Waals surface area contributed by atoms with E-state index in [4.69, 9.17) is 28.9 Å². The first-order valence-electron chi connectivity index (χ1n) is 5.37. The smallest absolute Gasteiger partial charge is 0.242 e. The Bertz CT molecular complexity index is 591. The van der Waals surface area contributed by atoms with Gasteiger partial charge in [0.15, 0.2) is 0 Å². The van der Waals surface area contributed by atoms with E-state index in [-0.39, 0.29) is 32.9 Å². The highest BCUT2D eigenvalue weighted by Crippen LogP contribution is 2.32. The van der Waals surface area contributed by atoms with Crippen LogP contribution in [-0.4, -0.2) is 30.7 Å². The van der Waals surface area contributed by atoms with Gasteiger partial charge in [0.05, 0.1) is 15.7 Å². The molecule has 0 aliphatic carbocycles. The zero-order chi connectivity index (χ0) is 14.6. The van der Waals surface area contributed by atoms with Crippen molar-refractivity contribution in [2.75, 3.05) is 23.8 Å². The van der Waals surface area contributed by atoms with Gasteiger partial charge in [-0.2, -0.15) is 0 Å². The van der Waals surface area contributed by atoms with Crippen LogP contribution < -0.4 is 10.5 Å². The van der Waals surface area contributed by atoms with Crippen LogP contribution >= 0.6 is 23.2 Å². The van der Waals surface area contributed by atoms with E-state index < -0.39 is 20.8 Å². The van der Waals surface area contributed by atoms with Crippen molar-refractivity contribution in [3.8, 4) is 0 Å². The molecule has 1 unspecified atom stereocenters. The van der Waals surface area contributed by atoms with Gasteiger partial charge in [-0.25, -0.2) is 13.1 Å². The summed E-state index contributed by atoms with van der Waals surface area (Å²) in [7, 11) is -4.83. The third-order valence-corrected chi connectivity index (χ3v) is 5.98. The highest BCUT2D eigenvalue weighted by atomic mass is 35.5. The van der Waals surface area contributed by atoms with E-state index in [0.29, 0.717) is 5.75 Å². The maximum atomic E-state index is 12.0. The first-order valence-corrected chi connectivity index (χ1v) is 9.10. The van der Waals surface area contributed by atoms with Crippen LogP contribution in [0.4, 0.5) is 5.69 Å². The predicted octanol–water partition coefficient (Wildman–Crippen LogP) is 1.62. The third-order valence-electron chi connectivity index (χ3n) is 2.32. The van der Waals surface area contributed by atoms with E-state index in [1.165, 1.54) is 12.1 Å². The zero-order valence-electron chi connectivity index (χ0n) is 10.2. The number of rotatable bonds is 6. The fourth-order valence-electron chi connectivity index (χ4n) is 1.27. The average molecular weight is 345 g/mol. The fourth-order valence-corrected chi connectivity index (χ4v) is 3.81. The van der Waals surface area contributed by atoms with E-state index >= 15 is 0 Å². The second-order valence-electron chi connectivity index (χ2n) is 3.60. The molecule has 3 N–H and O–H groups in total. The molecule has 0 heterocycles. The molecule has 1 aromatic carbocycles. The first kappa shape index (κ1) is 16.7. The Morgan fingerprint density at radius 3 is 2.58 bits per heavy atom. The van der Waals surface area contributed by atoms with Crippen LogP contribution in [-0.2, 0) is 20.8 Å². The minimum atomic E-state index is -3.79. The van der Waals surface area contributed by atoms with E-state index in [0.717, 1.165) is 0 Å². The van der Waals surface area contributed by atoms with Crippen molar-refractivity contribution in [3.05, 3.63) is 22.2 Å². The summed E-state index contributed by atoms with van der Waals surface area (Å²) in [6, 6.07) is 2.64. The van der Waals surface area contributed by atoms with Gasteiger partial charge in [-0.1, -0.05) is 30.1 Å². The van der Waals surface area contributed by atoms with Crippen molar-refractivity contribution in [2.24, 2.45) is 0 Å². The highest BCUT2D eigenvalue weighted by molar-refractivity contribution is 7.89. The predicted molar refractivity (Wildman–Crippen MR) is 79.6 cm³/mol. The minimum absolute atomic E-state index is 0.0170. The quantitative estimate of drug-likeness (QED) is 0.767. The van der Waals surface area contributed by atoms with Gasteiger partial charge in [-0.05, 0) is 12.1 Å². The molecule has 0 bridgehead atoms. The second-order valence-corrected chi connectivity index (χ2v) is 7.99. The fraction of sp³-hybridized carbons (Fsp3) is 0.400. The molecule has 1 atom stereocenters.